The Morgan fingerprint density at radius 1 is 1.28 bits per heavy atom. The van der Waals surface area contributed by atoms with Crippen LogP contribution in [-0.4, -0.2) is 36.3 Å². The highest BCUT2D eigenvalue weighted by molar-refractivity contribution is 7.92. The van der Waals surface area contributed by atoms with Crippen molar-refractivity contribution >= 4 is 34.0 Å². The predicted octanol–water partition coefficient (Wildman–Crippen LogP) is 1.82. The van der Waals surface area contributed by atoms with Crippen molar-refractivity contribution in [3.05, 3.63) is 66.0 Å². The van der Waals surface area contributed by atoms with Crippen LogP contribution in [0.25, 0.3) is 0 Å². The van der Waals surface area contributed by atoms with Crippen LogP contribution in [0.5, 0.6) is 5.75 Å². The number of hydrogen-bond acceptors (Lipinski definition) is 11. The minimum absolute atomic E-state index is 0.0628. The van der Waals surface area contributed by atoms with Crippen LogP contribution in [0.3, 0.4) is 0 Å². The molecule has 3 aromatic rings. The third kappa shape index (κ3) is 5.92. The number of rotatable bonds is 10. The van der Waals surface area contributed by atoms with E-state index in [9.17, 15) is 17.6 Å². The van der Waals surface area contributed by atoms with E-state index >= 15 is 0 Å². The first-order valence-corrected chi connectivity index (χ1v) is 10.7. The number of ether oxygens (including phenoxy) is 1. The van der Waals surface area contributed by atoms with Gasteiger partial charge in [-0.2, -0.15) is 11.0 Å². The predicted molar refractivity (Wildman–Crippen MR) is 109 cm³/mol. The molecule has 0 radical (unpaired) electrons. The van der Waals surface area contributed by atoms with Crippen molar-refractivity contribution in [3.63, 3.8) is 0 Å². The summed E-state index contributed by atoms with van der Waals surface area (Å²) < 4.78 is 57.3. The number of nitrogens with two attached hydrogens (primary N) is 1. The molecule has 0 amide bonds. The molecule has 0 aliphatic rings. The van der Waals surface area contributed by atoms with Gasteiger partial charge in [0.15, 0.2) is 11.6 Å². The van der Waals surface area contributed by atoms with Gasteiger partial charge in [0, 0.05) is 0 Å². The van der Waals surface area contributed by atoms with Crippen LogP contribution in [-0.2, 0) is 30.6 Å². The minimum atomic E-state index is -4.22. The average molecular weight is 485 g/mol. The van der Waals surface area contributed by atoms with E-state index in [2.05, 4.69) is 30.0 Å². The number of hydrogen-bond donors (Lipinski definition) is 2. The molecule has 170 valence electrons. The lowest BCUT2D eigenvalue weighted by Crippen LogP contribution is -2.15. The Labute approximate surface area is 185 Å². The summed E-state index contributed by atoms with van der Waals surface area (Å²) in [6.07, 6.45) is 2.80. The maximum absolute atomic E-state index is 14.2. The molecule has 2 aromatic carbocycles. The zero-order chi connectivity index (χ0) is 23.1. The van der Waals surface area contributed by atoms with Gasteiger partial charge in [-0.25, -0.2) is 27.3 Å². The molecule has 0 aliphatic heterocycles. The van der Waals surface area contributed by atoms with Gasteiger partial charge < -0.3 is 8.92 Å². The van der Waals surface area contributed by atoms with Crippen LogP contribution < -0.4 is 14.8 Å². The van der Waals surface area contributed by atoms with Crippen molar-refractivity contribution < 1.29 is 35.8 Å². The summed E-state index contributed by atoms with van der Waals surface area (Å²) in [7, 11) is -3.02. The molecule has 0 aliphatic carbocycles. The van der Waals surface area contributed by atoms with Gasteiger partial charge in [-0.1, -0.05) is 0 Å². The number of aromatic nitrogens is 3. The third-order valence-electron chi connectivity index (χ3n) is 3.88. The fraction of sp³-hybridized carbons (Fsp3) is 0.118. The highest BCUT2D eigenvalue weighted by atomic mass is 32.2. The maximum atomic E-state index is 14.2. The molecule has 12 nitrogen and oxygen atoms in total. The second-order valence-corrected chi connectivity index (χ2v) is 8.14. The van der Waals surface area contributed by atoms with Crippen LogP contribution in [0.1, 0.15) is 15.9 Å². The number of halogens is 1. The van der Waals surface area contributed by atoms with Crippen molar-refractivity contribution in [2.75, 3.05) is 11.8 Å². The quantitative estimate of drug-likeness (QED) is 0.142. The molecule has 1 aromatic heterocycles. The normalized spacial score (nSPS) is 11.2. The Balaban J connectivity index is 1.87. The fourth-order valence-electron chi connectivity index (χ4n) is 2.58. The maximum Gasteiger partial charge on any atom is 0.337 e. The number of esters is 1. The van der Waals surface area contributed by atoms with Crippen LogP contribution >= 0.6 is 12.3 Å². The van der Waals surface area contributed by atoms with Crippen molar-refractivity contribution in [1.82, 2.24) is 14.8 Å². The van der Waals surface area contributed by atoms with Gasteiger partial charge in [0.1, 0.15) is 12.7 Å². The number of nitrogens with one attached hydrogen (secondary N) is 1. The molecule has 1 heterocycles. The number of carbonyl (C=O) groups excluding carboxylic acids is 1. The van der Waals surface area contributed by atoms with Crippen molar-refractivity contribution in [1.29, 1.82) is 0 Å². The van der Waals surface area contributed by atoms with Crippen molar-refractivity contribution in [2.45, 2.75) is 11.4 Å². The number of carbonyl (C=O) groups is 1. The first-order chi connectivity index (χ1) is 15.3. The summed E-state index contributed by atoms with van der Waals surface area (Å²) >= 11 is 0.238. The monoisotopic (exact) mass is 485 g/mol. The molecule has 0 saturated carbocycles. The lowest BCUT2D eigenvalue weighted by atomic mass is 10.1. The minimum Gasteiger partial charge on any atom is -0.465 e. The molecular weight excluding hydrogens is 469 g/mol. The SMILES string of the molecule is COC(=O)c1cc(Cn2cncn2)cc(NS(=O)(=O)c2ccc(OSOON)c(F)c2)c1. The second kappa shape index (κ2) is 10.4. The van der Waals surface area contributed by atoms with E-state index < -0.39 is 21.8 Å². The van der Waals surface area contributed by atoms with Gasteiger partial charge in [0.25, 0.3) is 22.3 Å². The van der Waals surface area contributed by atoms with Gasteiger partial charge in [0.05, 0.1) is 29.8 Å². The van der Waals surface area contributed by atoms with E-state index in [1.807, 2.05) is 0 Å². The Hall–Kier alpha value is -3.24. The van der Waals surface area contributed by atoms with Gasteiger partial charge in [-0.05, 0) is 42.0 Å². The van der Waals surface area contributed by atoms with Gasteiger partial charge in [0.2, 0.25) is 0 Å². The first-order valence-electron chi connectivity index (χ1n) is 8.56. The lowest BCUT2D eigenvalue weighted by Gasteiger charge is -2.12. The van der Waals surface area contributed by atoms with Crippen LogP contribution in [0.4, 0.5) is 10.1 Å². The number of benzene rings is 2. The molecular formula is C17H16FN5O7S2. The second-order valence-electron chi connectivity index (χ2n) is 6.02. The molecule has 15 heteroatoms. The van der Waals surface area contributed by atoms with Crippen LogP contribution in [0, 0.1) is 5.82 Å². The molecule has 32 heavy (non-hydrogen) atoms. The van der Waals surface area contributed by atoms with Gasteiger partial charge in [-0.15, -0.1) is 9.32 Å². The Morgan fingerprint density at radius 3 is 2.75 bits per heavy atom. The Bertz CT molecular complexity index is 1190. The smallest absolute Gasteiger partial charge is 0.337 e. The topological polar surface area (TPSA) is 157 Å². The van der Waals surface area contributed by atoms with E-state index in [4.69, 9.17) is 8.92 Å². The van der Waals surface area contributed by atoms with E-state index in [0.29, 0.717) is 5.56 Å². The summed E-state index contributed by atoms with van der Waals surface area (Å²) in [4.78, 5) is 19.3. The van der Waals surface area contributed by atoms with Crippen LogP contribution in [0.15, 0.2) is 53.9 Å². The number of nitrogens with zero attached hydrogens (tertiary/aromatic N) is 3. The highest BCUT2D eigenvalue weighted by Gasteiger charge is 2.19. The lowest BCUT2D eigenvalue weighted by molar-refractivity contribution is -0.199. The molecule has 0 bridgehead atoms. The standard InChI is InChI=1S/C17H16FN5O7S2/c1-27-17(24)12-4-11(8-23-10-20-9-21-23)5-13(6-12)22-32(25,26)14-2-3-16(15(18)7-14)28-31-30-29-19/h2-7,9-10,22H,8,19H2,1H3. The Morgan fingerprint density at radius 2 is 2.09 bits per heavy atom. The van der Waals surface area contributed by atoms with Gasteiger partial charge >= 0.3 is 5.97 Å². The Kier molecular flexibility index (Phi) is 7.60. The molecule has 0 spiro atoms. The van der Waals surface area contributed by atoms with Gasteiger partial charge in [-0.3, -0.25) is 4.72 Å². The summed E-state index contributed by atoms with van der Waals surface area (Å²) in [6.45, 7) is 0.215. The molecule has 0 atom stereocenters. The van der Waals surface area contributed by atoms with Crippen molar-refractivity contribution in [2.24, 2.45) is 5.90 Å². The largest absolute Gasteiger partial charge is 0.465 e. The third-order valence-corrected chi connectivity index (χ3v) is 5.64. The summed E-state index contributed by atoms with van der Waals surface area (Å²) in [5.41, 5.74) is 0.717. The first kappa shape index (κ1) is 23.4. The van der Waals surface area contributed by atoms with Crippen molar-refractivity contribution in [3.8, 4) is 5.75 Å². The van der Waals surface area contributed by atoms with E-state index in [1.165, 1.54) is 42.6 Å². The molecule has 3 N–H and O–H groups in total. The number of anilines is 1. The molecule has 3 rings (SSSR count). The molecule has 0 saturated heterocycles. The van der Waals surface area contributed by atoms with E-state index in [0.717, 1.165) is 18.2 Å². The molecule has 0 fully saturated rings. The van der Waals surface area contributed by atoms with E-state index in [1.54, 1.807) is 0 Å². The van der Waals surface area contributed by atoms with E-state index in [-0.39, 0.29) is 40.8 Å². The average Bonchev–Trinajstić information content (AvgIpc) is 3.26. The number of methoxy groups -OCH3 is 1. The van der Waals surface area contributed by atoms with Crippen LogP contribution in [0.2, 0.25) is 0 Å². The zero-order valence-electron chi connectivity index (χ0n) is 16.3. The fourth-order valence-corrected chi connectivity index (χ4v) is 3.90. The molecule has 0 unspecified atom stereocenters. The summed E-state index contributed by atoms with van der Waals surface area (Å²) in [6, 6.07) is 7.27. The summed E-state index contributed by atoms with van der Waals surface area (Å²) in [5.74, 6) is 2.68. The zero-order valence-corrected chi connectivity index (χ0v) is 17.9. The number of sulfonamides is 1. The summed E-state index contributed by atoms with van der Waals surface area (Å²) in [5, 5.41) is 3.97. The highest BCUT2D eigenvalue weighted by Crippen LogP contribution is 2.26.